The zero-order chi connectivity index (χ0) is 57.9. The van der Waals surface area contributed by atoms with Crippen molar-refractivity contribution in [3.8, 4) is 0 Å². The summed E-state index contributed by atoms with van der Waals surface area (Å²) in [6, 6.07) is -0.715. The van der Waals surface area contributed by atoms with Crippen LogP contribution >= 0.6 is 0 Å². The molecule has 1 rings (SSSR count). The minimum Gasteiger partial charge on any atom is -0.394 e. The van der Waals surface area contributed by atoms with Crippen LogP contribution in [0.1, 0.15) is 393 Å². The lowest BCUT2D eigenvalue weighted by Crippen LogP contribution is -2.60. The monoisotopic (exact) mass is 1140 g/mol. The molecule has 0 radical (unpaired) electrons. The van der Waals surface area contributed by atoms with Crippen molar-refractivity contribution < 1.29 is 39.8 Å². The van der Waals surface area contributed by atoms with Crippen molar-refractivity contribution in [1.29, 1.82) is 0 Å². The van der Waals surface area contributed by atoms with Gasteiger partial charge < -0.3 is 40.3 Å². The summed E-state index contributed by atoms with van der Waals surface area (Å²) >= 11 is 0. The highest BCUT2D eigenvalue weighted by Gasteiger charge is 2.44. The van der Waals surface area contributed by atoms with E-state index >= 15 is 0 Å². The van der Waals surface area contributed by atoms with E-state index in [0.717, 1.165) is 38.5 Å². The normalized spacial score (nSPS) is 18.3. The first-order valence-electron chi connectivity index (χ1n) is 36.2. The summed E-state index contributed by atoms with van der Waals surface area (Å²) in [5.74, 6) is -0.133. The van der Waals surface area contributed by atoms with Crippen molar-refractivity contribution in [2.45, 2.75) is 436 Å². The Morgan fingerprint density at radius 3 is 0.887 bits per heavy atom. The molecule has 1 aliphatic rings. The van der Waals surface area contributed by atoms with Crippen LogP contribution in [0, 0.1) is 0 Å². The summed E-state index contributed by atoms with van der Waals surface area (Å²) in [7, 11) is 0. The van der Waals surface area contributed by atoms with E-state index in [2.05, 4.69) is 19.2 Å². The molecular formula is C71H141NO8. The van der Waals surface area contributed by atoms with Crippen LogP contribution in [0.2, 0.25) is 0 Å². The van der Waals surface area contributed by atoms with Gasteiger partial charge in [0.2, 0.25) is 5.91 Å². The minimum absolute atomic E-state index is 0.130. The summed E-state index contributed by atoms with van der Waals surface area (Å²) in [6.45, 7) is 3.91. The fourth-order valence-electron chi connectivity index (χ4n) is 12.3. The van der Waals surface area contributed by atoms with Gasteiger partial charge in [-0.05, 0) is 12.8 Å². The van der Waals surface area contributed by atoms with Crippen LogP contribution in [-0.4, -0.2) is 87.5 Å². The van der Waals surface area contributed by atoms with Crippen LogP contribution in [0.5, 0.6) is 0 Å². The third kappa shape index (κ3) is 49.5. The number of hydrogen-bond acceptors (Lipinski definition) is 8. The number of rotatable bonds is 65. The van der Waals surface area contributed by atoms with Gasteiger partial charge in [0.1, 0.15) is 24.4 Å². The number of carbonyl (C=O) groups is 1. The Hall–Kier alpha value is -0.810. The fourth-order valence-corrected chi connectivity index (χ4v) is 12.3. The second-order valence-electron chi connectivity index (χ2n) is 25.8. The smallest absolute Gasteiger partial charge is 0.220 e. The molecule has 7 unspecified atom stereocenters. The Balaban J connectivity index is 2.08. The Morgan fingerprint density at radius 2 is 0.625 bits per heavy atom. The maximum atomic E-state index is 13.2. The number of amides is 1. The highest BCUT2D eigenvalue weighted by atomic mass is 16.7. The summed E-state index contributed by atoms with van der Waals surface area (Å²) in [6.07, 6.45) is 70.4. The van der Waals surface area contributed by atoms with Crippen molar-refractivity contribution in [3.05, 3.63) is 0 Å². The highest BCUT2D eigenvalue weighted by molar-refractivity contribution is 5.76. The molecule has 80 heavy (non-hydrogen) atoms. The van der Waals surface area contributed by atoms with Gasteiger partial charge in [-0.3, -0.25) is 4.79 Å². The molecule has 0 spiro atoms. The van der Waals surface area contributed by atoms with Crippen LogP contribution < -0.4 is 5.32 Å². The molecule has 0 bridgehead atoms. The first-order chi connectivity index (χ1) is 39.3. The molecule has 1 amide bonds. The number of nitrogens with one attached hydrogen (secondary N) is 1. The third-order valence-electron chi connectivity index (χ3n) is 18.0. The predicted octanol–water partition coefficient (Wildman–Crippen LogP) is 19.7. The van der Waals surface area contributed by atoms with E-state index < -0.39 is 49.5 Å². The highest BCUT2D eigenvalue weighted by Crippen LogP contribution is 2.24. The van der Waals surface area contributed by atoms with Gasteiger partial charge in [-0.25, -0.2) is 0 Å². The molecule has 478 valence electrons. The summed E-state index contributed by atoms with van der Waals surface area (Å²) < 4.78 is 11.4. The quantitative estimate of drug-likeness (QED) is 0.0330. The molecule has 0 aromatic heterocycles. The van der Waals surface area contributed by atoms with Crippen molar-refractivity contribution in [1.82, 2.24) is 5.32 Å². The van der Waals surface area contributed by atoms with E-state index in [9.17, 15) is 30.3 Å². The Labute approximate surface area is 497 Å². The van der Waals surface area contributed by atoms with Crippen LogP contribution in [0.15, 0.2) is 0 Å². The molecule has 1 aliphatic heterocycles. The molecule has 0 aromatic carbocycles. The Morgan fingerprint density at radius 1 is 0.375 bits per heavy atom. The lowest BCUT2D eigenvalue weighted by atomic mass is 9.99. The molecule has 0 aromatic rings. The van der Waals surface area contributed by atoms with Crippen LogP contribution in [0.25, 0.3) is 0 Å². The number of aliphatic hydroxyl groups excluding tert-OH is 5. The fraction of sp³-hybridized carbons (Fsp3) is 0.986. The van der Waals surface area contributed by atoms with Crippen LogP contribution in [-0.2, 0) is 14.3 Å². The summed E-state index contributed by atoms with van der Waals surface area (Å²) in [5, 5.41) is 55.0. The zero-order valence-electron chi connectivity index (χ0n) is 53.6. The van der Waals surface area contributed by atoms with Crippen molar-refractivity contribution in [3.63, 3.8) is 0 Å². The molecule has 1 heterocycles. The van der Waals surface area contributed by atoms with E-state index in [1.54, 1.807) is 0 Å². The molecule has 6 N–H and O–H groups in total. The number of hydrogen-bond donors (Lipinski definition) is 6. The topological polar surface area (TPSA) is 149 Å². The predicted molar refractivity (Wildman–Crippen MR) is 341 cm³/mol. The van der Waals surface area contributed by atoms with Crippen molar-refractivity contribution in [2.24, 2.45) is 0 Å². The third-order valence-corrected chi connectivity index (χ3v) is 18.0. The first-order valence-corrected chi connectivity index (χ1v) is 36.2. The van der Waals surface area contributed by atoms with Gasteiger partial charge in [0.05, 0.1) is 25.4 Å². The van der Waals surface area contributed by atoms with Gasteiger partial charge in [-0.2, -0.15) is 0 Å². The molecule has 1 saturated heterocycles. The van der Waals surface area contributed by atoms with E-state index in [4.69, 9.17) is 9.47 Å². The van der Waals surface area contributed by atoms with Gasteiger partial charge in [0, 0.05) is 6.42 Å². The maximum absolute atomic E-state index is 13.2. The van der Waals surface area contributed by atoms with E-state index in [-0.39, 0.29) is 12.5 Å². The van der Waals surface area contributed by atoms with Crippen molar-refractivity contribution >= 4 is 5.91 Å². The van der Waals surface area contributed by atoms with Gasteiger partial charge in [0.25, 0.3) is 0 Å². The van der Waals surface area contributed by atoms with E-state index in [1.165, 1.54) is 327 Å². The Kier molecular flexibility index (Phi) is 59.1. The lowest BCUT2D eigenvalue weighted by molar-refractivity contribution is -0.302. The second-order valence-corrected chi connectivity index (χ2v) is 25.8. The first kappa shape index (κ1) is 77.2. The number of ether oxygens (including phenoxy) is 2. The summed E-state index contributed by atoms with van der Waals surface area (Å²) in [4.78, 5) is 13.2. The largest absolute Gasteiger partial charge is 0.394 e. The van der Waals surface area contributed by atoms with Crippen molar-refractivity contribution in [2.75, 3.05) is 13.2 Å². The molecular weight excluding hydrogens is 995 g/mol. The molecule has 9 heteroatoms. The molecule has 0 saturated carbocycles. The molecule has 0 aliphatic carbocycles. The number of unbranched alkanes of at least 4 members (excludes halogenated alkanes) is 55. The van der Waals surface area contributed by atoms with Gasteiger partial charge in [0.15, 0.2) is 6.29 Å². The van der Waals surface area contributed by atoms with Gasteiger partial charge in [-0.1, -0.05) is 373 Å². The summed E-state index contributed by atoms with van der Waals surface area (Å²) in [5.41, 5.74) is 0. The number of aliphatic hydroxyl groups is 5. The molecule has 9 nitrogen and oxygen atoms in total. The minimum atomic E-state index is -1.55. The Bertz CT molecular complexity index is 1220. The average molecular weight is 1140 g/mol. The van der Waals surface area contributed by atoms with Gasteiger partial charge >= 0.3 is 0 Å². The molecule has 7 atom stereocenters. The van der Waals surface area contributed by atoms with E-state index in [0.29, 0.717) is 12.8 Å². The SMILES string of the molecule is CCCCCCCCCCCCCCCCCCCCCCCCCCCCCCCCCC(=O)NC(COC1OC(CO)C(O)C(O)C1O)C(O)CCCCCCCCCCCCCCCCCCCCCCCCCCCC. The zero-order valence-corrected chi connectivity index (χ0v) is 53.6. The van der Waals surface area contributed by atoms with Crippen LogP contribution in [0.3, 0.4) is 0 Å². The van der Waals surface area contributed by atoms with E-state index in [1.807, 2.05) is 0 Å². The number of carbonyl (C=O) groups excluding carboxylic acids is 1. The van der Waals surface area contributed by atoms with Gasteiger partial charge in [-0.15, -0.1) is 0 Å². The average Bonchev–Trinajstić information content (AvgIpc) is 3.46. The maximum Gasteiger partial charge on any atom is 0.220 e. The standard InChI is InChI=1S/C71H141NO8/c1-3-5-7-9-11-13-15-17-19-21-23-25-27-29-31-32-33-34-35-37-39-41-43-45-47-49-51-53-55-57-59-61-67(75)72-64(63-79-71-70(78)69(77)68(76)66(62-73)80-71)65(74)60-58-56-54-52-50-48-46-44-42-40-38-36-30-28-26-24-22-20-18-16-14-12-10-8-6-4-2/h64-66,68-71,73-74,76-78H,3-63H2,1-2H3,(H,72,75). The van der Waals surface area contributed by atoms with Crippen LogP contribution in [0.4, 0.5) is 0 Å². The lowest BCUT2D eigenvalue weighted by Gasteiger charge is -2.40. The molecule has 1 fully saturated rings. The second kappa shape index (κ2) is 61.3.